The normalized spacial score (nSPS) is 31.0. The second kappa shape index (κ2) is 6.87. The number of ether oxygens (including phenoxy) is 2. The molecule has 2 aliphatic rings. The Hall–Kier alpha value is -0.600. The Bertz CT molecular complexity index is 199. The minimum absolute atomic E-state index is 0.440. The molecule has 0 amide bonds. The van der Waals surface area contributed by atoms with Crippen LogP contribution in [-0.4, -0.2) is 25.4 Å². The molecule has 0 bridgehead atoms. The Kier molecular flexibility index (Phi) is 5.10. The molecule has 0 aromatic carbocycles. The third kappa shape index (κ3) is 4.11. The van der Waals surface area contributed by atoms with Crippen molar-refractivity contribution >= 4 is 0 Å². The lowest BCUT2D eigenvalue weighted by Gasteiger charge is -2.19. The van der Waals surface area contributed by atoms with Crippen molar-refractivity contribution in [3.8, 4) is 0 Å². The van der Waals surface area contributed by atoms with Crippen LogP contribution in [0.1, 0.15) is 38.5 Å². The first-order valence-corrected chi connectivity index (χ1v) is 6.48. The maximum Gasteiger partial charge on any atom is 0.0651 e. The average molecular weight is 222 g/mol. The highest BCUT2D eigenvalue weighted by molar-refractivity contribution is 4.87. The third-order valence-corrected chi connectivity index (χ3v) is 3.31. The highest BCUT2D eigenvalue weighted by Crippen LogP contribution is 2.19. The zero-order valence-corrected chi connectivity index (χ0v) is 9.94. The molecule has 2 rings (SSSR count). The maximum absolute atomic E-state index is 5.77. The Morgan fingerprint density at radius 3 is 1.75 bits per heavy atom. The zero-order valence-electron chi connectivity index (χ0n) is 9.94. The number of rotatable bonds is 3. The Labute approximate surface area is 98.3 Å². The number of hydrogen-bond acceptors (Lipinski definition) is 2. The van der Waals surface area contributed by atoms with E-state index in [9.17, 15) is 0 Å². The minimum atomic E-state index is 0.440. The first-order chi connectivity index (χ1) is 7.95. The van der Waals surface area contributed by atoms with Gasteiger partial charge < -0.3 is 9.47 Å². The van der Waals surface area contributed by atoms with E-state index in [0.29, 0.717) is 12.2 Å². The van der Waals surface area contributed by atoms with Crippen LogP contribution >= 0.6 is 0 Å². The van der Waals surface area contributed by atoms with Crippen molar-refractivity contribution in [1.82, 2.24) is 0 Å². The van der Waals surface area contributed by atoms with Crippen LogP contribution in [0.5, 0.6) is 0 Å². The summed E-state index contributed by atoms with van der Waals surface area (Å²) < 4.78 is 11.5. The van der Waals surface area contributed by atoms with Gasteiger partial charge in [0.25, 0.3) is 0 Å². The van der Waals surface area contributed by atoms with E-state index >= 15 is 0 Å². The summed E-state index contributed by atoms with van der Waals surface area (Å²) in [6.07, 6.45) is 16.6. The fraction of sp³-hybridized carbons (Fsp3) is 0.714. The quantitative estimate of drug-likeness (QED) is 0.682. The van der Waals surface area contributed by atoms with Crippen LogP contribution in [0.4, 0.5) is 0 Å². The molecule has 0 aromatic rings. The molecule has 0 radical (unpaired) electrons. The van der Waals surface area contributed by atoms with Gasteiger partial charge >= 0.3 is 0 Å². The van der Waals surface area contributed by atoms with E-state index in [0.717, 1.165) is 38.9 Å². The monoisotopic (exact) mass is 222 g/mol. The van der Waals surface area contributed by atoms with E-state index < -0.39 is 0 Å². The van der Waals surface area contributed by atoms with Crippen LogP contribution < -0.4 is 0 Å². The Balaban J connectivity index is 1.66. The van der Waals surface area contributed by atoms with Gasteiger partial charge in [0.15, 0.2) is 0 Å². The van der Waals surface area contributed by atoms with Gasteiger partial charge in [0.05, 0.1) is 25.4 Å². The summed E-state index contributed by atoms with van der Waals surface area (Å²) in [4.78, 5) is 0. The van der Waals surface area contributed by atoms with Gasteiger partial charge in [0.1, 0.15) is 0 Å². The van der Waals surface area contributed by atoms with Gasteiger partial charge in [-0.15, -0.1) is 0 Å². The van der Waals surface area contributed by atoms with Crippen molar-refractivity contribution in [2.45, 2.75) is 50.7 Å². The smallest absolute Gasteiger partial charge is 0.0651 e. The standard InChI is InChI=1S/C14H22O2/c1-3-7-13(15-11-5-1)9-10-14-8-4-2-6-12-16-14/h1-2,5-6,13-14H,3-4,7-12H2. The van der Waals surface area contributed by atoms with Crippen LogP contribution in [0.3, 0.4) is 0 Å². The average Bonchev–Trinajstić information content (AvgIpc) is 2.71. The highest BCUT2D eigenvalue weighted by Gasteiger charge is 2.15. The van der Waals surface area contributed by atoms with Gasteiger partial charge in [-0.1, -0.05) is 24.3 Å². The second-order valence-electron chi connectivity index (χ2n) is 4.59. The number of allylic oxidation sites excluding steroid dienone is 2. The molecule has 0 aromatic heterocycles. The topological polar surface area (TPSA) is 18.5 Å². The molecule has 16 heavy (non-hydrogen) atoms. The van der Waals surface area contributed by atoms with Gasteiger partial charge in [-0.05, 0) is 38.5 Å². The van der Waals surface area contributed by atoms with Crippen LogP contribution in [0.15, 0.2) is 24.3 Å². The van der Waals surface area contributed by atoms with Crippen molar-refractivity contribution in [3.05, 3.63) is 24.3 Å². The molecular formula is C14H22O2. The lowest BCUT2D eigenvalue weighted by Crippen LogP contribution is -2.18. The molecular weight excluding hydrogens is 200 g/mol. The molecule has 0 saturated heterocycles. The van der Waals surface area contributed by atoms with Crippen LogP contribution in [0.2, 0.25) is 0 Å². The van der Waals surface area contributed by atoms with E-state index in [-0.39, 0.29) is 0 Å². The molecule has 2 heterocycles. The lowest BCUT2D eigenvalue weighted by molar-refractivity contribution is 0.0276. The Morgan fingerprint density at radius 1 is 0.750 bits per heavy atom. The summed E-state index contributed by atoms with van der Waals surface area (Å²) in [5, 5.41) is 0. The molecule has 0 aliphatic carbocycles. The van der Waals surface area contributed by atoms with Crippen LogP contribution in [0.25, 0.3) is 0 Å². The predicted molar refractivity (Wildman–Crippen MR) is 65.5 cm³/mol. The molecule has 0 N–H and O–H groups in total. The maximum atomic E-state index is 5.77. The van der Waals surface area contributed by atoms with E-state index in [1.807, 2.05) is 0 Å². The van der Waals surface area contributed by atoms with E-state index in [2.05, 4.69) is 24.3 Å². The fourth-order valence-corrected chi connectivity index (χ4v) is 2.31. The number of hydrogen-bond donors (Lipinski definition) is 0. The molecule has 2 heteroatoms. The van der Waals surface area contributed by atoms with Gasteiger partial charge in [-0.3, -0.25) is 0 Å². The van der Waals surface area contributed by atoms with Gasteiger partial charge in [-0.2, -0.15) is 0 Å². The van der Waals surface area contributed by atoms with Gasteiger partial charge in [0.2, 0.25) is 0 Å². The summed E-state index contributed by atoms with van der Waals surface area (Å²) in [6, 6.07) is 0. The van der Waals surface area contributed by atoms with Crippen LogP contribution in [-0.2, 0) is 9.47 Å². The first kappa shape index (κ1) is 11.9. The van der Waals surface area contributed by atoms with Crippen molar-refractivity contribution in [1.29, 1.82) is 0 Å². The van der Waals surface area contributed by atoms with Gasteiger partial charge in [-0.25, -0.2) is 0 Å². The summed E-state index contributed by atoms with van der Waals surface area (Å²) in [7, 11) is 0. The molecule has 0 spiro atoms. The molecule has 0 saturated carbocycles. The van der Waals surface area contributed by atoms with E-state index in [1.165, 1.54) is 12.8 Å². The van der Waals surface area contributed by atoms with Crippen molar-refractivity contribution in [2.24, 2.45) is 0 Å². The predicted octanol–water partition coefficient (Wildman–Crippen LogP) is 3.24. The summed E-state index contributed by atoms with van der Waals surface area (Å²) in [5.41, 5.74) is 0. The van der Waals surface area contributed by atoms with Crippen LogP contribution in [0, 0.1) is 0 Å². The Morgan fingerprint density at radius 2 is 1.25 bits per heavy atom. The van der Waals surface area contributed by atoms with E-state index in [1.54, 1.807) is 0 Å². The molecule has 2 atom stereocenters. The lowest BCUT2D eigenvalue weighted by atomic mass is 10.0. The fourth-order valence-electron chi connectivity index (χ4n) is 2.31. The highest BCUT2D eigenvalue weighted by atomic mass is 16.5. The SMILES string of the molecule is C1=CCOC(CCC2CCC=CCO2)CC1. The van der Waals surface area contributed by atoms with Crippen molar-refractivity contribution in [2.75, 3.05) is 13.2 Å². The molecule has 0 fully saturated rings. The minimum Gasteiger partial charge on any atom is -0.374 e. The molecule has 2 nitrogen and oxygen atoms in total. The third-order valence-electron chi connectivity index (χ3n) is 3.31. The first-order valence-electron chi connectivity index (χ1n) is 6.48. The zero-order chi connectivity index (χ0) is 11.1. The van der Waals surface area contributed by atoms with E-state index in [4.69, 9.17) is 9.47 Å². The van der Waals surface area contributed by atoms with Crippen molar-refractivity contribution < 1.29 is 9.47 Å². The summed E-state index contributed by atoms with van der Waals surface area (Å²) >= 11 is 0. The van der Waals surface area contributed by atoms with Crippen molar-refractivity contribution in [3.63, 3.8) is 0 Å². The summed E-state index contributed by atoms with van der Waals surface area (Å²) in [5.74, 6) is 0. The molecule has 2 unspecified atom stereocenters. The van der Waals surface area contributed by atoms with Gasteiger partial charge in [0, 0.05) is 0 Å². The molecule has 90 valence electrons. The summed E-state index contributed by atoms with van der Waals surface area (Å²) in [6.45, 7) is 1.58. The largest absolute Gasteiger partial charge is 0.374 e. The molecule has 2 aliphatic heterocycles. The second-order valence-corrected chi connectivity index (χ2v) is 4.59.